The number of amides is 1. The van der Waals surface area contributed by atoms with E-state index in [1.807, 2.05) is 0 Å². The maximum absolute atomic E-state index is 11.7. The molecule has 0 bridgehead atoms. The zero-order valence-corrected chi connectivity index (χ0v) is 12.1. The van der Waals surface area contributed by atoms with Crippen molar-refractivity contribution in [3.8, 4) is 0 Å². The van der Waals surface area contributed by atoms with Gasteiger partial charge in [-0.1, -0.05) is 0 Å². The van der Waals surface area contributed by atoms with E-state index >= 15 is 0 Å². The molecule has 2 heterocycles. The summed E-state index contributed by atoms with van der Waals surface area (Å²) in [7, 11) is 0. The summed E-state index contributed by atoms with van der Waals surface area (Å²) in [6.07, 6.45) is 2.39. The Bertz CT molecular complexity index is 673. The van der Waals surface area contributed by atoms with Crippen molar-refractivity contribution in [1.29, 1.82) is 0 Å². The molecule has 2 aromatic rings. The fourth-order valence-corrected chi connectivity index (χ4v) is 2.70. The third-order valence-corrected chi connectivity index (χ3v) is 3.38. The summed E-state index contributed by atoms with van der Waals surface area (Å²) in [5, 5.41) is 12.6. The van der Waals surface area contributed by atoms with Crippen LogP contribution in [-0.2, 0) is 4.74 Å². The Morgan fingerprint density at radius 2 is 2.10 bits per heavy atom. The lowest BCUT2D eigenvalue weighted by Crippen LogP contribution is -2.27. The van der Waals surface area contributed by atoms with Gasteiger partial charge in [-0.05, 0) is 26.8 Å². The minimum absolute atomic E-state index is 0.0539. The highest BCUT2D eigenvalue weighted by Crippen LogP contribution is 2.35. The Labute approximate surface area is 119 Å². The number of carboxylic acid groups (broad SMARTS) is 1. The lowest BCUT2D eigenvalue weighted by atomic mass is 10.2. The van der Waals surface area contributed by atoms with E-state index in [1.54, 1.807) is 33.0 Å². The Morgan fingerprint density at radius 3 is 2.70 bits per heavy atom. The summed E-state index contributed by atoms with van der Waals surface area (Å²) in [5.74, 6) is -1.10. The van der Waals surface area contributed by atoms with Gasteiger partial charge in [0.05, 0.1) is 4.70 Å². The number of hydrogen-bond donors (Lipinski definition) is 2. The van der Waals surface area contributed by atoms with E-state index in [4.69, 9.17) is 4.74 Å². The molecule has 7 heteroatoms. The molecule has 106 valence electrons. The average Bonchev–Trinajstić information content (AvgIpc) is 2.63. The van der Waals surface area contributed by atoms with Crippen molar-refractivity contribution in [2.75, 3.05) is 5.32 Å². The molecule has 0 atom stereocenters. The van der Waals surface area contributed by atoms with Gasteiger partial charge in [-0.3, -0.25) is 10.3 Å². The van der Waals surface area contributed by atoms with Gasteiger partial charge in [0, 0.05) is 17.8 Å². The summed E-state index contributed by atoms with van der Waals surface area (Å²) >= 11 is 1.15. The molecule has 2 aromatic heterocycles. The first kappa shape index (κ1) is 14.3. The van der Waals surface area contributed by atoms with E-state index < -0.39 is 17.7 Å². The van der Waals surface area contributed by atoms with Crippen LogP contribution >= 0.6 is 11.3 Å². The fourth-order valence-electron chi connectivity index (χ4n) is 1.65. The molecule has 0 radical (unpaired) electrons. The molecule has 0 aliphatic rings. The number of thiophene rings is 1. The second-order valence-electron chi connectivity index (χ2n) is 5.11. The maximum Gasteiger partial charge on any atom is 0.412 e. The molecule has 0 aromatic carbocycles. The van der Waals surface area contributed by atoms with Crippen LogP contribution in [0.15, 0.2) is 18.5 Å². The van der Waals surface area contributed by atoms with E-state index in [1.165, 1.54) is 6.20 Å². The number of hydrogen-bond acceptors (Lipinski definition) is 5. The van der Waals surface area contributed by atoms with Gasteiger partial charge >= 0.3 is 12.1 Å². The molecule has 2 N–H and O–H groups in total. The fraction of sp³-hybridized carbons (Fsp3) is 0.308. The Hall–Kier alpha value is -2.15. The number of nitrogens with zero attached hydrogens (tertiary/aromatic N) is 1. The van der Waals surface area contributed by atoms with Gasteiger partial charge in [-0.25, -0.2) is 9.59 Å². The smallest absolute Gasteiger partial charge is 0.412 e. The van der Waals surface area contributed by atoms with Crippen LogP contribution in [0.2, 0.25) is 0 Å². The number of ether oxygens (including phenoxy) is 1. The Morgan fingerprint density at radius 1 is 1.40 bits per heavy atom. The largest absolute Gasteiger partial charge is 0.478 e. The van der Waals surface area contributed by atoms with Crippen LogP contribution in [0.3, 0.4) is 0 Å². The summed E-state index contributed by atoms with van der Waals surface area (Å²) in [5.41, 5.74) is -0.593. The first-order valence-electron chi connectivity index (χ1n) is 5.88. The van der Waals surface area contributed by atoms with E-state index in [-0.39, 0.29) is 10.6 Å². The van der Waals surface area contributed by atoms with Crippen LogP contribution in [0.1, 0.15) is 31.1 Å². The maximum atomic E-state index is 11.7. The number of carbonyl (C=O) groups is 2. The lowest BCUT2D eigenvalue weighted by molar-refractivity contribution is 0.0636. The molecule has 2 rings (SSSR count). The van der Waals surface area contributed by atoms with E-state index in [0.717, 1.165) is 11.3 Å². The summed E-state index contributed by atoms with van der Waals surface area (Å²) in [6.45, 7) is 5.21. The zero-order valence-electron chi connectivity index (χ0n) is 11.3. The highest BCUT2D eigenvalue weighted by molar-refractivity contribution is 7.23. The second kappa shape index (κ2) is 5.09. The molecule has 0 fully saturated rings. The predicted molar refractivity (Wildman–Crippen MR) is 76.4 cm³/mol. The molecule has 0 saturated carbocycles. The number of carboxylic acids is 1. The van der Waals surface area contributed by atoms with Crippen LogP contribution in [-0.4, -0.2) is 27.8 Å². The highest BCUT2D eigenvalue weighted by Gasteiger charge is 2.22. The molecule has 6 nitrogen and oxygen atoms in total. The number of aromatic carboxylic acids is 1. The number of carbonyl (C=O) groups excluding carboxylic acids is 1. The van der Waals surface area contributed by atoms with Crippen LogP contribution in [0.5, 0.6) is 0 Å². The summed E-state index contributed by atoms with van der Waals surface area (Å²) in [4.78, 5) is 27.0. The van der Waals surface area contributed by atoms with Gasteiger partial charge in [-0.2, -0.15) is 0 Å². The molecule has 0 aliphatic carbocycles. The predicted octanol–water partition coefficient (Wildman–Crippen LogP) is 3.34. The van der Waals surface area contributed by atoms with Crippen LogP contribution < -0.4 is 5.32 Å². The number of aromatic nitrogens is 1. The first-order chi connectivity index (χ1) is 9.28. The topological polar surface area (TPSA) is 88.5 Å². The molecular formula is C13H14N2O4S. The van der Waals surface area contributed by atoms with Crippen LogP contribution in [0, 0.1) is 0 Å². The van der Waals surface area contributed by atoms with Crippen molar-refractivity contribution in [1.82, 2.24) is 4.98 Å². The minimum Gasteiger partial charge on any atom is -0.478 e. The molecule has 0 saturated heterocycles. The van der Waals surface area contributed by atoms with Crippen molar-refractivity contribution < 1.29 is 19.4 Å². The van der Waals surface area contributed by atoms with Crippen molar-refractivity contribution in [3.05, 3.63) is 24.0 Å². The van der Waals surface area contributed by atoms with Crippen molar-refractivity contribution in [3.63, 3.8) is 0 Å². The molecule has 0 spiro atoms. The van der Waals surface area contributed by atoms with E-state index in [9.17, 15) is 14.7 Å². The van der Waals surface area contributed by atoms with Gasteiger partial charge < -0.3 is 9.84 Å². The van der Waals surface area contributed by atoms with Gasteiger partial charge in [0.1, 0.15) is 16.2 Å². The highest BCUT2D eigenvalue weighted by atomic mass is 32.1. The van der Waals surface area contributed by atoms with Gasteiger partial charge in [-0.15, -0.1) is 11.3 Å². The van der Waals surface area contributed by atoms with Crippen LogP contribution in [0.4, 0.5) is 9.80 Å². The molecular weight excluding hydrogens is 280 g/mol. The SMILES string of the molecule is CC(C)(C)OC(=O)Nc1sc2cnccc2c1C(=O)O. The van der Waals surface area contributed by atoms with Crippen LogP contribution in [0.25, 0.3) is 10.1 Å². The van der Waals surface area contributed by atoms with Crippen molar-refractivity contribution in [2.45, 2.75) is 26.4 Å². The van der Waals surface area contributed by atoms with Gasteiger partial charge in [0.2, 0.25) is 0 Å². The van der Waals surface area contributed by atoms with Crippen molar-refractivity contribution >= 4 is 38.5 Å². The van der Waals surface area contributed by atoms with E-state index in [0.29, 0.717) is 10.1 Å². The summed E-state index contributed by atoms with van der Waals surface area (Å²) in [6, 6.07) is 1.61. The lowest BCUT2D eigenvalue weighted by Gasteiger charge is -2.19. The first-order valence-corrected chi connectivity index (χ1v) is 6.69. The second-order valence-corrected chi connectivity index (χ2v) is 6.16. The molecule has 0 aliphatic heterocycles. The normalized spacial score (nSPS) is 11.3. The van der Waals surface area contributed by atoms with E-state index in [2.05, 4.69) is 10.3 Å². The molecule has 1 amide bonds. The molecule has 20 heavy (non-hydrogen) atoms. The minimum atomic E-state index is -1.10. The number of pyridine rings is 1. The zero-order chi connectivity index (χ0) is 14.9. The monoisotopic (exact) mass is 294 g/mol. The molecule has 0 unspecified atom stereocenters. The average molecular weight is 294 g/mol. The third-order valence-electron chi connectivity index (χ3n) is 2.32. The third kappa shape index (κ3) is 3.05. The number of nitrogens with one attached hydrogen (secondary N) is 1. The van der Waals surface area contributed by atoms with Gasteiger partial charge in [0.25, 0.3) is 0 Å². The number of anilines is 1. The van der Waals surface area contributed by atoms with Gasteiger partial charge in [0.15, 0.2) is 0 Å². The quantitative estimate of drug-likeness (QED) is 0.886. The standard InChI is InChI=1S/C13H14N2O4S/c1-13(2,3)19-12(18)15-10-9(11(16)17)7-4-5-14-6-8(7)20-10/h4-6H,1-3H3,(H,15,18)(H,16,17). The van der Waals surface area contributed by atoms with Crippen molar-refractivity contribution in [2.24, 2.45) is 0 Å². The Kier molecular flexibility index (Phi) is 3.63. The summed E-state index contributed by atoms with van der Waals surface area (Å²) < 4.78 is 5.81. The number of fused-ring (bicyclic) bond motifs is 1. The number of rotatable bonds is 2. The Balaban J connectivity index is 2.37.